The Bertz CT molecular complexity index is 1180. The molecule has 1 aromatic heterocycles. The number of halogens is 2. The van der Waals surface area contributed by atoms with E-state index in [4.69, 9.17) is 27.9 Å². The summed E-state index contributed by atoms with van der Waals surface area (Å²) in [5, 5.41) is 6.89. The number of nitrogens with zero attached hydrogens (tertiary/aromatic N) is 1. The van der Waals surface area contributed by atoms with Crippen LogP contribution >= 0.6 is 23.2 Å². The molecule has 168 valence electrons. The molecule has 3 amide bonds. The lowest BCUT2D eigenvalue weighted by Gasteiger charge is -2.14. The van der Waals surface area contributed by atoms with Crippen LogP contribution in [0.25, 0.3) is 10.9 Å². The molecule has 0 atom stereocenters. The van der Waals surface area contributed by atoms with Crippen LogP contribution in [0.15, 0.2) is 42.5 Å². The van der Waals surface area contributed by atoms with Crippen molar-refractivity contribution in [3.8, 4) is 0 Å². The van der Waals surface area contributed by atoms with E-state index in [0.717, 1.165) is 0 Å². The molecule has 0 spiro atoms. The van der Waals surface area contributed by atoms with Crippen molar-refractivity contribution in [2.75, 3.05) is 31.0 Å². The first-order chi connectivity index (χ1) is 15.3. The number of amides is 3. The Morgan fingerprint density at radius 2 is 1.84 bits per heavy atom. The van der Waals surface area contributed by atoms with Gasteiger partial charge in [0.25, 0.3) is 5.91 Å². The predicted octanol–water partition coefficient (Wildman–Crippen LogP) is 3.73. The van der Waals surface area contributed by atoms with Crippen LogP contribution in [-0.2, 0) is 14.3 Å². The Morgan fingerprint density at radius 3 is 2.59 bits per heavy atom. The fourth-order valence-electron chi connectivity index (χ4n) is 3.05. The second-order valence-electron chi connectivity index (χ2n) is 6.98. The van der Waals surface area contributed by atoms with Crippen molar-refractivity contribution < 1.29 is 19.1 Å². The van der Waals surface area contributed by atoms with Gasteiger partial charge in [0.2, 0.25) is 0 Å². The summed E-state index contributed by atoms with van der Waals surface area (Å²) in [5.74, 6) is -2.24. The summed E-state index contributed by atoms with van der Waals surface area (Å²) in [6.07, 6.45) is 0.563. The Kier molecular flexibility index (Phi) is 7.74. The normalized spacial score (nSPS) is 10.8. The topological polar surface area (TPSA) is 101 Å². The lowest BCUT2D eigenvalue weighted by Crippen LogP contribution is -2.40. The van der Waals surface area contributed by atoms with E-state index in [9.17, 15) is 14.4 Å². The van der Waals surface area contributed by atoms with Crippen LogP contribution in [-0.4, -0.2) is 42.7 Å². The van der Waals surface area contributed by atoms with Crippen molar-refractivity contribution in [1.29, 1.82) is 0 Å². The molecule has 0 unspecified atom stereocenters. The number of methoxy groups -OCH3 is 1. The summed E-state index contributed by atoms with van der Waals surface area (Å²) in [6.45, 7) is 2.52. The maximum Gasteiger partial charge on any atom is 0.328 e. The third-order valence-corrected chi connectivity index (χ3v) is 5.39. The Balaban J connectivity index is 1.88. The van der Waals surface area contributed by atoms with Crippen molar-refractivity contribution in [2.24, 2.45) is 0 Å². The van der Waals surface area contributed by atoms with Gasteiger partial charge in [-0.3, -0.25) is 19.8 Å². The van der Waals surface area contributed by atoms with Gasteiger partial charge in [0, 0.05) is 41.4 Å². The molecular formula is C22H22Cl2N4O4. The summed E-state index contributed by atoms with van der Waals surface area (Å²) >= 11 is 12.2. The average molecular weight is 477 g/mol. The Morgan fingerprint density at radius 1 is 1.06 bits per heavy atom. The second-order valence-corrected chi connectivity index (χ2v) is 7.82. The highest BCUT2D eigenvalue weighted by Gasteiger charge is 2.21. The van der Waals surface area contributed by atoms with E-state index in [1.54, 1.807) is 56.5 Å². The number of rotatable bonds is 7. The summed E-state index contributed by atoms with van der Waals surface area (Å²) in [7, 11) is 1.55. The summed E-state index contributed by atoms with van der Waals surface area (Å²) < 4.78 is 6.18. The predicted molar refractivity (Wildman–Crippen MR) is 125 cm³/mol. The molecule has 1 heterocycles. The molecule has 0 saturated carbocycles. The summed E-state index contributed by atoms with van der Waals surface area (Å²) in [6, 6.07) is 11.7. The van der Waals surface area contributed by atoms with Gasteiger partial charge in [-0.2, -0.15) is 0 Å². The molecule has 0 aliphatic heterocycles. The second kappa shape index (κ2) is 10.5. The van der Waals surface area contributed by atoms with Gasteiger partial charge in [0.15, 0.2) is 0 Å². The van der Waals surface area contributed by atoms with Crippen LogP contribution in [0.3, 0.4) is 0 Å². The monoisotopic (exact) mass is 476 g/mol. The van der Waals surface area contributed by atoms with E-state index in [0.29, 0.717) is 45.2 Å². The number of anilines is 1. The SMILES string of the molecule is COCCCNC(=O)C(=O)Nn1c(C(=O)Nc2cccc(Cl)c2C)cc2cc(Cl)ccc21. The first-order valence-electron chi connectivity index (χ1n) is 9.77. The van der Waals surface area contributed by atoms with Crippen LogP contribution in [0, 0.1) is 6.92 Å². The average Bonchev–Trinajstić information content (AvgIpc) is 3.11. The molecule has 2 aromatic carbocycles. The van der Waals surface area contributed by atoms with Crippen LogP contribution in [0.4, 0.5) is 5.69 Å². The lowest BCUT2D eigenvalue weighted by molar-refractivity contribution is -0.136. The minimum atomic E-state index is -0.914. The highest BCUT2D eigenvalue weighted by atomic mass is 35.5. The summed E-state index contributed by atoms with van der Waals surface area (Å²) in [5.41, 5.74) is 4.34. The van der Waals surface area contributed by atoms with Crippen LogP contribution in [0.5, 0.6) is 0 Å². The highest BCUT2D eigenvalue weighted by Crippen LogP contribution is 2.26. The molecule has 0 saturated heterocycles. The van der Waals surface area contributed by atoms with Crippen molar-refractivity contribution in [3.63, 3.8) is 0 Å². The first kappa shape index (κ1) is 23.6. The van der Waals surface area contributed by atoms with Gasteiger partial charge in [-0.15, -0.1) is 0 Å². The number of benzene rings is 2. The fraction of sp³-hybridized carbons (Fsp3) is 0.227. The molecule has 0 aliphatic rings. The van der Waals surface area contributed by atoms with Crippen LogP contribution < -0.4 is 16.1 Å². The molecular weight excluding hydrogens is 455 g/mol. The van der Waals surface area contributed by atoms with Gasteiger partial charge in [-0.1, -0.05) is 29.3 Å². The molecule has 10 heteroatoms. The quantitative estimate of drug-likeness (QED) is 0.357. The molecule has 0 fully saturated rings. The molecule has 3 aromatic rings. The zero-order valence-electron chi connectivity index (χ0n) is 17.5. The number of carbonyl (C=O) groups excluding carboxylic acids is 3. The molecule has 8 nitrogen and oxygen atoms in total. The van der Waals surface area contributed by atoms with Crippen molar-refractivity contribution in [3.05, 3.63) is 63.8 Å². The smallest absolute Gasteiger partial charge is 0.328 e. The van der Waals surface area contributed by atoms with Gasteiger partial charge < -0.3 is 15.4 Å². The van der Waals surface area contributed by atoms with Gasteiger partial charge in [0.1, 0.15) is 5.69 Å². The number of aromatic nitrogens is 1. The largest absolute Gasteiger partial charge is 0.385 e. The van der Waals surface area contributed by atoms with Gasteiger partial charge >= 0.3 is 11.8 Å². The minimum Gasteiger partial charge on any atom is -0.385 e. The van der Waals surface area contributed by atoms with Crippen LogP contribution in [0.1, 0.15) is 22.5 Å². The number of nitrogens with one attached hydrogen (secondary N) is 3. The van der Waals surface area contributed by atoms with Crippen molar-refractivity contribution in [1.82, 2.24) is 9.99 Å². The Hall–Kier alpha value is -3.07. The van der Waals surface area contributed by atoms with E-state index in [2.05, 4.69) is 16.1 Å². The molecule has 3 rings (SSSR count). The van der Waals surface area contributed by atoms with E-state index in [-0.39, 0.29) is 12.2 Å². The van der Waals surface area contributed by atoms with E-state index < -0.39 is 17.7 Å². The highest BCUT2D eigenvalue weighted by molar-refractivity contribution is 6.38. The number of hydrogen-bond donors (Lipinski definition) is 3. The summed E-state index contributed by atoms with van der Waals surface area (Å²) in [4.78, 5) is 37.7. The van der Waals surface area contributed by atoms with Crippen molar-refractivity contribution >= 4 is 57.5 Å². The fourth-order valence-corrected chi connectivity index (χ4v) is 3.41. The zero-order chi connectivity index (χ0) is 23.3. The van der Waals surface area contributed by atoms with E-state index in [1.165, 1.54) is 4.68 Å². The third-order valence-electron chi connectivity index (χ3n) is 4.74. The van der Waals surface area contributed by atoms with Gasteiger partial charge in [0.05, 0.1) is 5.52 Å². The zero-order valence-corrected chi connectivity index (χ0v) is 19.0. The standard InChI is InChI=1S/C22H22Cl2N4O4/c1-13-16(24)5-3-6-17(13)26-20(29)19-12-14-11-15(23)7-8-18(14)28(19)27-22(31)21(30)25-9-4-10-32-2/h3,5-8,11-12H,4,9-10H2,1-2H3,(H,25,30)(H,26,29)(H,27,31). The first-order valence-corrected chi connectivity index (χ1v) is 10.5. The van der Waals surface area contributed by atoms with Gasteiger partial charge in [-0.25, -0.2) is 4.68 Å². The molecule has 0 bridgehead atoms. The number of carbonyl (C=O) groups is 3. The Labute approximate surface area is 194 Å². The molecule has 3 N–H and O–H groups in total. The van der Waals surface area contributed by atoms with E-state index >= 15 is 0 Å². The maximum atomic E-state index is 13.1. The van der Waals surface area contributed by atoms with Crippen LogP contribution in [0.2, 0.25) is 10.0 Å². The number of ether oxygens (including phenoxy) is 1. The molecule has 0 aliphatic carbocycles. The lowest BCUT2D eigenvalue weighted by atomic mass is 10.2. The number of fused-ring (bicyclic) bond motifs is 1. The molecule has 32 heavy (non-hydrogen) atoms. The molecule has 0 radical (unpaired) electrons. The minimum absolute atomic E-state index is 0.113. The van der Waals surface area contributed by atoms with Gasteiger partial charge in [-0.05, 0) is 55.3 Å². The number of hydrogen-bond acceptors (Lipinski definition) is 4. The van der Waals surface area contributed by atoms with Crippen molar-refractivity contribution in [2.45, 2.75) is 13.3 Å². The van der Waals surface area contributed by atoms with E-state index in [1.807, 2.05) is 0 Å². The maximum absolute atomic E-state index is 13.1. The third kappa shape index (κ3) is 5.40.